The van der Waals surface area contributed by atoms with Gasteiger partial charge in [0.1, 0.15) is 5.75 Å². The minimum absolute atomic E-state index is 0.280. The van der Waals surface area contributed by atoms with Gasteiger partial charge in [0.25, 0.3) is 0 Å². The standard InChI is InChI=1S/C19H29NO2/c1-19(2,3)20-11-15-7-8-16(12-20)18(15)22-13-14-5-9-17(21-4)10-6-14/h5-6,9-10,15-16,18H,7-8,11-13H2,1-4H3/t15-,16+,18+. The molecule has 0 spiro atoms. The lowest BCUT2D eigenvalue weighted by atomic mass is 9.91. The van der Waals surface area contributed by atoms with Gasteiger partial charge in [0, 0.05) is 18.6 Å². The van der Waals surface area contributed by atoms with E-state index in [1.165, 1.54) is 31.5 Å². The van der Waals surface area contributed by atoms with E-state index in [9.17, 15) is 0 Å². The Morgan fingerprint density at radius 3 is 2.14 bits per heavy atom. The highest BCUT2D eigenvalue weighted by Gasteiger charge is 2.44. The first-order valence-corrected chi connectivity index (χ1v) is 8.47. The predicted molar refractivity (Wildman–Crippen MR) is 89.1 cm³/mol. The van der Waals surface area contributed by atoms with Crippen LogP contribution < -0.4 is 4.74 Å². The number of hydrogen-bond acceptors (Lipinski definition) is 3. The second-order valence-electron chi connectivity index (χ2n) is 7.80. The van der Waals surface area contributed by atoms with Gasteiger partial charge in [-0.25, -0.2) is 0 Å². The summed E-state index contributed by atoms with van der Waals surface area (Å²) in [5.41, 5.74) is 1.51. The lowest BCUT2D eigenvalue weighted by molar-refractivity contribution is -0.0681. The Labute approximate surface area is 134 Å². The molecule has 3 atom stereocenters. The molecule has 22 heavy (non-hydrogen) atoms. The van der Waals surface area contributed by atoms with E-state index < -0.39 is 0 Å². The van der Waals surface area contributed by atoms with E-state index in [4.69, 9.17) is 9.47 Å². The molecule has 2 fully saturated rings. The van der Waals surface area contributed by atoms with Crippen LogP contribution in [0, 0.1) is 11.8 Å². The van der Waals surface area contributed by atoms with Crippen LogP contribution in [0.3, 0.4) is 0 Å². The van der Waals surface area contributed by atoms with Gasteiger partial charge in [-0.2, -0.15) is 0 Å². The van der Waals surface area contributed by atoms with Crippen LogP contribution in [-0.4, -0.2) is 36.7 Å². The quantitative estimate of drug-likeness (QED) is 0.846. The maximum Gasteiger partial charge on any atom is 0.118 e. The third kappa shape index (κ3) is 3.31. The molecule has 0 aromatic heterocycles. The molecular weight excluding hydrogens is 274 g/mol. The van der Waals surface area contributed by atoms with Crippen LogP contribution in [-0.2, 0) is 11.3 Å². The minimum atomic E-state index is 0.280. The van der Waals surface area contributed by atoms with E-state index in [-0.39, 0.29) is 5.54 Å². The molecule has 0 radical (unpaired) electrons. The second-order valence-corrected chi connectivity index (χ2v) is 7.80. The van der Waals surface area contributed by atoms with Crippen LogP contribution >= 0.6 is 0 Å². The Kier molecular flexibility index (Phi) is 4.47. The van der Waals surface area contributed by atoms with Crippen LogP contribution in [0.5, 0.6) is 5.75 Å². The molecule has 3 nitrogen and oxygen atoms in total. The fourth-order valence-corrected chi connectivity index (χ4v) is 3.91. The third-order valence-electron chi connectivity index (χ3n) is 5.30. The molecule has 0 unspecified atom stereocenters. The van der Waals surface area contributed by atoms with Gasteiger partial charge in [0.15, 0.2) is 0 Å². The predicted octanol–water partition coefficient (Wildman–Crippen LogP) is 3.72. The van der Waals surface area contributed by atoms with Gasteiger partial charge >= 0.3 is 0 Å². The number of piperidine rings is 1. The first kappa shape index (κ1) is 15.8. The molecule has 0 amide bonds. The molecule has 2 aliphatic rings. The Morgan fingerprint density at radius 1 is 1.05 bits per heavy atom. The summed E-state index contributed by atoms with van der Waals surface area (Å²) in [6, 6.07) is 8.22. The van der Waals surface area contributed by atoms with Gasteiger partial charge in [-0.1, -0.05) is 12.1 Å². The first-order chi connectivity index (χ1) is 10.5. The van der Waals surface area contributed by atoms with Gasteiger partial charge in [-0.3, -0.25) is 4.90 Å². The molecule has 122 valence electrons. The van der Waals surface area contributed by atoms with Crippen molar-refractivity contribution in [1.29, 1.82) is 0 Å². The van der Waals surface area contributed by atoms with Crippen molar-refractivity contribution in [3.05, 3.63) is 29.8 Å². The second kappa shape index (κ2) is 6.21. The highest BCUT2D eigenvalue weighted by molar-refractivity contribution is 5.26. The van der Waals surface area contributed by atoms with Crippen LogP contribution in [0.2, 0.25) is 0 Å². The maximum atomic E-state index is 6.32. The smallest absolute Gasteiger partial charge is 0.118 e. The Hall–Kier alpha value is -1.06. The Bertz CT molecular complexity index is 477. The van der Waals surface area contributed by atoms with Crippen LogP contribution in [0.1, 0.15) is 39.2 Å². The van der Waals surface area contributed by atoms with Gasteiger partial charge in [-0.05, 0) is 63.1 Å². The summed E-state index contributed by atoms with van der Waals surface area (Å²) >= 11 is 0. The van der Waals surface area contributed by atoms with Crippen LogP contribution in [0.4, 0.5) is 0 Å². The van der Waals surface area contributed by atoms with E-state index in [2.05, 4.69) is 37.8 Å². The van der Waals surface area contributed by atoms with Crippen molar-refractivity contribution in [1.82, 2.24) is 4.90 Å². The van der Waals surface area contributed by atoms with Crippen molar-refractivity contribution < 1.29 is 9.47 Å². The summed E-state index contributed by atoms with van der Waals surface area (Å²) in [5.74, 6) is 2.31. The van der Waals surface area contributed by atoms with Gasteiger partial charge in [0.2, 0.25) is 0 Å². The summed E-state index contributed by atoms with van der Waals surface area (Å²) in [6.07, 6.45) is 3.09. The van der Waals surface area contributed by atoms with Gasteiger partial charge in [-0.15, -0.1) is 0 Å². The van der Waals surface area contributed by atoms with Crippen molar-refractivity contribution >= 4 is 0 Å². The largest absolute Gasteiger partial charge is 0.497 e. The number of methoxy groups -OCH3 is 1. The molecule has 1 aliphatic heterocycles. The number of nitrogens with zero attached hydrogens (tertiary/aromatic N) is 1. The van der Waals surface area contributed by atoms with E-state index in [1.54, 1.807) is 7.11 Å². The number of likely N-dealkylation sites (tertiary alicyclic amines) is 1. The minimum Gasteiger partial charge on any atom is -0.497 e. The topological polar surface area (TPSA) is 21.7 Å². The fraction of sp³-hybridized carbons (Fsp3) is 0.684. The summed E-state index contributed by atoms with van der Waals surface area (Å²) in [7, 11) is 1.70. The summed E-state index contributed by atoms with van der Waals surface area (Å²) < 4.78 is 11.5. The highest BCUT2D eigenvalue weighted by Crippen LogP contribution is 2.41. The molecule has 1 aromatic carbocycles. The number of rotatable bonds is 4. The fourth-order valence-electron chi connectivity index (χ4n) is 3.91. The Balaban J connectivity index is 1.58. The summed E-state index contributed by atoms with van der Waals surface area (Å²) in [4.78, 5) is 2.64. The van der Waals surface area contributed by atoms with Crippen molar-refractivity contribution in [2.24, 2.45) is 11.8 Å². The maximum absolute atomic E-state index is 6.32. The number of benzene rings is 1. The third-order valence-corrected chi connectivity index (χ3v) is 5.30. The molecule has 1 saturated heterocycles. The van der Waals surface area contributed by atoms with Crippen molar-refractivity contribution in [3.8, 4) is 5.75 Å². The van der Waals surface area contributed by atoms with E-state index in [1.807, 2.05) is 12.1 Å². The molecule has 1 aromatic rings. The average Bonchev–Trinajstić information content (AvgIpc) is 2.72. The number of hydrogen-bond donors (Lipinski definition) is 0. The molecule has 1 aliphatic carbocycles. The molecular formula is C19H29NO2. The molecule has 3 rings (SSSR count). The monoisotopic (exact) mass is 303 g/mol. The number of fused-ring (bicyclic) bond motifs is 2. The molecule has 2 bridgehead atoms. The van der Waals surface area contributed by atoms with Crippen molar-refractivity contribution in [3.63, 3.8) is 0 Å². The average molecular weight is 303 g/mol. The van der Waals surface area contributed by atoms with Crippen LogP contribution in [0.15, 0.2) is 24.3 Å². The molecule has 0 N–H and O–H groups in total. The zero-order chi connectivity index (χ0) is 15.7. The van der Waals surface area contributed by atoms with Gasteiger partial charge < -0.3 is 9.47 Å². The Morgan fingerprint density at radius 2 is 1.64 bits per heavy atom. The molecule has 3 heteroatoms. The zero-order valence-corrected chi connectivity index (χ0v) is 14.3. The first-order valence-electron chi connectivity index (χ1n) is 8.47. The van der Waals surface area contributed by atoms with Crippen LogP contribution in [0.25, 0.3) is 0 Å². The zero-order valence-electron chi connectivity index (χ0n) is 14.3. The van der Waals surface area contributed by atoms with E-state index in [0.717, 1.165) is 12.4 Å². The SMILES string of the molecule is COc1ccc(CO[C@H]2[C@@H]3CC[C@H]2CN(C(C)(C)C)C3)cc1. The summed E-state index contributed by atoms with van der Waals surface area (Å²) in [5, 5.41) is 0. The van der Waals surface area contributed by atoms with Gasteiger partial charge in [0.05, 0.1) is 19.8 Å². The number of ether oxygens (including phenoxy) is 2. The van der Waals surface area contributed by atoms with Crippen molar-refractivity contribution in [2.75, 3.05) is 20.2 Å². The summed E-state index contributed by atoms with van der Waals surface area (Å²) in [6.45, 7) is 10.1. The normalized spacial score (nSPS) is 28.8. The van der Waals surface area contributed by atoms with Crippen molar-refractivity contribution in [2.45, 2.75) is 51.9 Å². The van der Waals surface area contributed by atoms with E-state index in [0.29, 0.717) is 17.9 Å². The molecule has 1 heterocycles. The molecule has 1 saturated carbocycles. The lowest BCUT2D eigenvalue weighted by Crippen LogP contribution is -2.53. The lowest BCUT2D eigenvalue weighted by Gasteiger charge is -2.44. The highest BCUT2D eigenvalue weighted by atomic mass is 16.5. The van der Waals surface area contributed by atoms with E-state index >= 15 is 0 Å².